The lowest BCUT2D eigenvalue weighted by atomic mass is 10.1. The molecule has 0 aliphatic heterocycles. The summed E-state index contributed by atoms with van der Waals surface area (Å²) in [6.45, 7) is 0. The van der Waals surface area contributed by atoms with Crippen molar-refractivity contribution < 1.29 is 0 Å². The van der Waals surface area contributed by atoms with Gasteiger partial charge in [0.1, 0.15) is 12.2 Å². The predicted molar refractivity (Wildman–Crippen MR) is 62.9 cm³/mol. The lowest BCUT2D eigenvalue weighted by molar-refractivity contribution is 0.957. The summed E-state index contributed by atoms with van der Waals surface area (Å²) in [7, 11) is 0. The van der Waals surface area contributed by atoms with Crippen LogP contribution in [0.2, 0.25) is 0 Å². The van der Waals surface area contributed by atoms with E-state index in [1.165, 1.54) is 6.33 Å². The highest BCUT2D eigenvalue weighted by atomic mass is 32.2. The van der Waals surface area contributed by atoms with Gasteiger partial charge in [-0.2, -0.15) is 10.4 Å². The van der Waals surface area contributed by atoms with Crippen molar-refractivity contribution in [3.8, 4) is 6.07 Å². The zero-order chi connectivity index (χ0) is 11.4. The van der Waals surface area contributed by atoms with Gasteiger partial charge in [-0.3, -0.25) is 5.10 Å². The first-order valence-electron chi connectivity index (χ1n) is 4.73. The highest BCUT2D eigenvalue weighted by molar-refractivity contribution is 7.99. The number of aromatic amines is 1. The number of hydrogen-bond donors (Lipinski definition) is 1. The van der Waals surface area contributed by atoms with Crippen LogP contribution in [0.15, 0.2) is 30.6 Å². The molecule has 0 saturated carbocycles. The summed E-state index contributed by atoms with van der Waals surface area (Å²) >= 11 is 1.68. The highest BCUT2D eigenvalue weighted by Gasteiger charge is 2.15. The minimum atomic E-state index is 0.134. The van der Waals surface area contributed by atoms with Crippen molar-refractivity contribution >= 4 is 11.8 Å². The first-order valence-corrected chi connectivity index (χ1v) is 6.02. The molecule has 5 heteroatoms. The lowest BCUT2D eigenvalue weighted by Gasteiger charge is -2.11. The number of benzene rings is 1. The minimum absolute atomic E-state index is 0.134. The van der Waals surface area contributed by atoms with Crippen LogP contribution in [-0.2, 0) is 0 Å². The summed E-state index contributed by atoms with van der Waals surface area (Å²) in [4.78, 5) is 4.15. The molecule has 1 unspecified atom stereocenters. The average Bonchev–Trinajstić information content (AvgIpc) is 2.85. The fourth-order valence-electron chi connectivity index (χ4n) is 1.48. The van der Waals surface area contributed by atoms with Gasteiger partial charge in [0.2, 0.25) is 0 Å². The summed E-state index contributed by atoms with van der Waals surface area (Å²) in [6.07, 6.45) is 3.52. The van der Waals surface area contributed by atoms with Gasteiger partial charge in [0.05, 0.1) is 16.9 Å². The quantitative estimate of drug-likeness (QED) is 0.877. The smallest absolute Gasteiger partial charge is 0.141 e. The number of hydrogen-bond acceptors (Lipinski definition) is 4. The molecule has 1 N–H and O–H groups in total. The van der Waals surface area contributed by atoms with E-state index in [1.54, 1.807) is 11.8 Å². The van der Waals surface area contributed by atoms with Crippen LogP contribution in [0.1, 0.15) is 22.2 Å². The van der Waals surface area contributed by atoms with E-state index in [0.29, 0.717) is 5.56 Å². The van der Waals surface area contributed by atoms with Gasteiger partial charge in [-0.1, -0.05) is 12.1 Å². The summed E-state index contributed by atoms with van der Waals surface area (Å²) in [5.41, 5.74) is 1.78. The van der Waals surface area contributed by atoms with E-state index in [2.05, 4.69) is 21.3 Å². The van der Waals surface area contributed by atoms with Gasteiger partial charge in [-0.15, -0.1) is 11.8 Å². The second-order valence-electron chi connectivity index (χ2n) is 3.22. The third kappa shape index (κ3) is 2.07. The molecule has 0 bridgehead atoms. The van der Waals surface area contributed by atoms with E-state index in [-0.39, 0.29) is 5.25 Å². The molecular formula is C11H10N4S. The molecule has 1 aromatic carbocycles. The van der Waals surface area contributed by atoms with Crippen LogP contribution in [0, 0.1) is 11.3 Å². The summed E-state index contributed by atoms with van der Waals surface area (Å²) in [5.74, 6) is 0.831. The molecule has 2 aromatic rings. The lowest BCUT2D eigenvalue weighted by Crippen LogP contribution is -1.98. The average molecular weight is 230 g/mol. The molecule has 0 saturated heterocycles. The maximum atomic E-state index is 8.72. The van der Waals surface area contributed by atoms with Gasteiger partial charge >= 0.3 is 0 Å². The molecule has 2 rings (SSSR count). The fraction of sp³-hybridized carbons (Fsp3) is 0.182. The number of rotatable bonds is 3. The predicted octanol–water partition coefficient (Wildman–Crippen LogP) is 2.13. The molecule has 1 atom stereocenters. The number of nitriles is 1. The van der Waals surface area contributed by atoms with E-state index < -0.39 is 0 Å². The summed E-state index contributed by atoms with van der Waals surface area (Å²) < 4.78 is 0. The Labute approximate surface area is 97.7 Å². The van der Waals surface area contributed by atoms with Gasteiger partial charge in [0, 0.05) is 0 Å². The Morgan fingerprint density at radius 3 is 2.62 bits per heavy atom. The molecule has 0 spiro atoms. The SMILES string of the molecule is CSC(c1ccc(C#N)cc1)c1ncn[nH]1. The van der Waals surface area contributed by atoms with E-state index in [0.717, 1.165) is 11.4 Å². The van der Waals surface area contributed by atoms with Gasteiger partial charge in [-0.05, 0) is 24.0 Å². The maximum Gasteiger partial charge on any atom is 0.141 e. The molecule has 4 nitrogen and oxygen atoms in total. The van der Waals surface area contributed by atoms with Gasteiger partial charge in [-0.25, -0.2) is 4.98 Å². The Balaban J connectivity index is 2.31. The number of aromatic nitrogens is 3. The first kappa shape index (κ1) is 10.7. The second kappa shape index (κ2) is 4.81. The van der Waals surface area contributed by atoms with Crippen LogP contribution in [0.25, 0.3) is 0 Å². The zero-order valence-corrected chi connectivity index (χ0v) is 9.53. The second-order valence-corrected chi connectivity index (χ2v) is 4.16. The zero-order valence-electron chi connectivity index (χ0n) is 8.71. The van der Waals surface area contributed by atoms with Gasteiger partial charge < -0.3 is 0 Å². The Kier molecular flexibility index (Phi) is 3.22. The standard InChI is InChI=1S/C11H10N4S/c1-16-10(11-13-7-14-15-11)9-4-2-8(6-12)3-5-9/h2-5,7,10H,1H3,(H,13,14,15). The van der Waals surface area contributed by atoms with Crippen molar-refractivity contribution in [2.24, 2.45) is 0 Å². The van der Waals surface area contributed by atoms with Gasteiger partial charge in [0.25, 0.3) is 0 Å². The summed E-state index contributed by atoms with van der Waals surface area (Å²) in [6, 6.07) is 9.63. The van der Waals surface area contributed by atoms with Crippen molar-refractivity contribution in [1.29, 1.82) is 5.26 Å². The van der Waals surface area contributed by atoms with E-state index in [1.807, 2.05) is 30.5 Å². The normalized spacial score (nSPS) is 12.0. The van der Waals surface area contributed by atoms with Crippen molar-refractivity contribution in [1.82, 2.24) is 15.2 Å². The minimum Gasteiger partial charge on any atom is -0.262 e. The van der Waals surface area contributed by atoms with Crippen LogP contribution in [0.4, 0.5) is 0 Å². The van der Waals surface area contributed by atoms with E-state index >= 15 is 0 Å². The summed E-state index contributed by atoms with van der Waals surface area (Å²) in [5, 5.41) is 15.6. The van der Waals surface area contributed by atoms with Crippen LogP contribution in [0.5, 0.6) is 0 Å². The van der Waals surface area contributed by atoms with Crippen LogP contribution >= 0.6 is 11.8 Å². The fourth-order valence-corrected chi connectivity index (χ4v) is 2.25. The number of nitrogens with one attached hydrogen (secondary N) is 1. The van der Waals surface area contributed by atoms with Crippen molar-refractivity contribution in [2.75, 3.05) is 6.26 Å². The molecule has 0 amide bonds. The molecule has 0 aliphatic rings. The molecule has 0 fully saturated rings. The van der Waals surface area contributed by atoms with E-state index in [9.17, 15) is 0 Å². The van der Waals surface area contributed by atoms with Crippen molar-refractivity contribution in [3.63, 3.8) is 0 Å². The Hall–Kier alpha value is -1.80. The Bertz CT molecular complexity index is 484. The van der Waals surface area contributed by atoms with Crippen LogP contribution in [-0.4, -0.2) is 21.4 Å². The molecular weight excluding hydrogens is 220 g/mol. The molecule has 0 radical (unpaired) electrons. The van der Waals surface area contributed by atoms with Gasteiger partial charge in [0.15, 0.2) is 0 Å². The van der Waals surface area contributed by atoms with Crippen LogP contribution in [0.3, 0.4) is 0 Å². The number of H-pyrrole nitrogens is 1. The molecule has 80 valence electrons. The van der Waals surface area contributed by atoms with Crippen LogP contribution < -0.4 is 0 Å². The maximum absolute atomic E-state index is 8.72. The molecule has 0 aliphatic carbocycles. The highest BCUT2D eigenvalue weighted by Crippen LogP contribution is 2.31. The van der Waals surface area contributed by atoms with E-state index in [4.69, 9.17) is 5.26 Å². The topological polar surface area (TPSA) is 65.4 Å². The third-order valence-corrected chi connectivity index (χ3v) is 3.23. The monoisotopic (exact) mass is 230 g/mol. The first-order chi connectivity index (χ1) is 7.85. The van der Waals surface area contributed by atoms with Crippen molar-refractivity contribution in [2.45, 2.75) is 5.25 Å². The third-order valence-electron chi connectivity index (χ3n) is 2.26. The van der Waals surface area contributed by atoms with Crippen molar-refractivity contribution in [3.05, 3.63) is 47.5 Å². The number of thioether (sulfide) groups is 1. The molecule has 1 aromatic heterocycles. The largest absolute Gasteiger partial charge is 0.262 e. The number of nitrogens with zero attached hydrogens (tertiary/aromatic N) is 3. The Morgan fingerprint density at radius 2 is 2.12 bits per heavy atom. The Morgan fingerprint density at radius 1 is 1.38 bits per heavy atom. The molecule has 16 heavy (non-hydrogen) atoms. The molecule has 1 heterocycles.